The molecule has 3 aromatic carbocycles. The van der Waals surface area contributed by atoms with Crippen molar-refractivity contribution in [3.8, 4) is 0 Å². The molecule has 0 unspecified atom stereocenters. The maximum Gasteiger partial charge on any atom is 0.308 e. The average molecular weight is 380 g/mol. The summed E-state index contributed by atoms with van der Waals surface area (Å²) in [7, 11) is 0. The molecular formula is C21H14ClNO2S. The third kappa shape index (κ3) is 3.21. The van der Waals surface area contributed by atoms with E-state index in [2.05, 4.69) is 0 Å². The number of carbonyl (C=O) groups excluding carboxylic acids is 1. The van der Waals surface area contributed by atoms with Crippen molar-refractivity contribution >= 4 is 38.9 Å². The Morgan fingerprint density at radius 2 is 1.69 bits per heavy atom. The Hall–Kier alpha value is -2.69. The Kier molecular flexibility index (Phi) is 4.45. The molecule has 0 aliphatic carbocycles. The van der Waals surface area contributed by atoms with E-state index in [0.717, 1.165) is 27.1 Å². The number of thiazole rings is 1. The number of hydrogen-bond donors (Lipinski definition) is 0. The number of hydrogen-bond acceptors (Lipinski definition) is 3. The second kappa shape index (κ2) is 6.90. The predicted molar refractivity (Wildman–Crippen MR) is 107 cm³/mol. The summed E-state index contributed by atoms with van der Waals surface area (Å²) in [5.74, 6) is -0.107. The normalized spacial score (nSPS) is 11.0. The van der Waals surface area contributed by atoms with Gasteiger partial charge in [-0.05, 0) is 35.9 Å². The lowest BCUT2D eigenvalue weighted by Gasteiger charge is -2.05. The van der Waals surface area contributed by atoms with E-state index in [1.54, 1.807) is 41.0 Å². The first kappa shape index (κ1) is 16.8. The fourth-order valence-corrected chi connectivity index (χ4v) is 4.04. The highest BCUT2D eigenvalue weighted by Gasteiger charge is 2.13. The first-order valence-electron chi connectivity index (χ1n) is 8.09. The van der Waals surface area contributed by atoms with Crippen molar-refractivity contribution in [2.75, 3.05) is 0 Å². The van der Waals surface area contributed by atoms with Gasteiger partial charge in [-0.3, -0.25) is 14.2 Å². The smallest absolute Gasteiger partial charge is 0.294 e. The van der Waals surface area contributed by atoms with Gasteiger partial charge in [-0.25, -0.2) is 0 Å². The maximum absolute atomic E-state index is 12.7. The van der Waals surface area contributed by atoms with Crippen molar-refractivity contribution in [3.05, 3.63) is 104 Å². The van der Waals surface area contributed by atoms with E-state index < -0.39 is 0 Å². The first-order chi connectivity index (χ1) is 12.6. The van der Waals surface area contributed by atoms with Gasteiger partial charge in [-0.1, -0.05) is 65.4 Å². The zero-order chi connectivity index (χ0) is 18.1. The zero-order valence-electron chi connectivity index (χ0n) is 13.7. The fourth-order valence-electron chi connectivity index (χ4n) is 2.92. The molecule has 4 aromatic rings. The van der Waals surface area contributed by atoms with Gasteiger partial charge in [-0.15, -0.1) is 0 Å². The summed E-state index contributed by atoms with van der Waals surface area (Å²) < 4.78 is 2.54. The quantitative estimate of drug-likeness (QED) is 0.468. The van der Waals surface area contributed by atoms with Gasteiger partial charge in [0.05, 0.1) is 16.8 Å². The molecule has 0 bridgehead atoms. The first-order valence-corrected chi connectivity index (χ1v) is 9.29. The molecule has 0 fully saturated rings. The van der Waals surface area contributed by atoms with Crippen LogP contribution in [0.2, 0.25) is 5.02 Å². The summed E-state index contributed by atoms with van der Waals surface area (Å²) in [6, 6.07) is 22.1. The molecule has 3 nitrogen and oxygen atoms in total. The van der Waals surface area contributed by atoms with Crippen LogP contribution in [-0.2, 0) is 6.54 Å². The summed E-state index contributed by atoms with van der Waals surface area (Å²) in [4.78, 5) is 25.1. The van der Waals surface area contributed by atoms with Gasteiger partial charge in [0.25, 0.3) is 0 Å². The van der Waals surface area contributed by atoms with Gasteiger partial charge in [0.15, 0.2) is 5.78 Å². The van der Waals surface area contributed by atoms with Crippen LogP contribution < -0.4 is 4.87 Å². The highest BCUT2D eigenvalue weighted by atomic mass is 35.5. The second-order valence-electron chi connectivity index (χ2n) is 5.96. The molecule has 128 valence electrons. The van der Waals surface area contributed by atoms with Gasteiger partial charge < -0.3 is 0 Å². The highest BCUT2D eigenvalue weighted by Crippen LogP contribution is 2.22. The Morgan fingerprint density at radius 1 is 0.923 bits per heavy atom. The number of ketones is 1. The van der Waals surface area contributed by atoms with E-state index in [-0.39, 0.29) is 10.7 Å². The van der Waals surface area contributed by atoms with Crippen LogP contribution in [0.15, 0.2) is 77.6 Å². The molecule has 0 N–H and O–H groups in total. The molecule has 0 radical (unpaired) electrons. The van der Waals surface area contributed by atoms with Crippen molar-refractivity contribution in [1.82, 2.24) is 4.57 Å². The fraction of sp³-hybridized carbons (Fsp3) is 0.0476. The number of carbonyl (C=O) groups is 1. The lowest BCUT2D eigenvalue weighted by molar-refractivity contribution is 0.103. The van der Waals surface area contributed by atoms with Crippen LogP contribution in [0.4, 0.5) is 0 Å². The molecule has 0 saturated heterocycles. The van der Waals surface area contributed by atoms with E-state index in [4.69, 9.17) is 11.6 Å². The van der Waals surface area contributed by atoms with E-state index in [1.807, 2.05) is 36.4 Å². The minimum Gasteiger partial charge on any atom is -0.294 e. The molecule has 0 aliphatic rings. The van der Waals surface area contributed by atoms with Gasteiger partial charge >= 0.3 is 4.87 Å². The molecule has 5 heteroatoms. The summed E-state index contributed by atoms with van der Waals surface area (Å²) in [6.07, 6.45) is 0. The van der Waals surface area contributed by atoms with Crippen LogP contribution in [0.1, 0.15) is 21.5 Å². The van der Waals surface area contributed by atoms with Crippen LogP contribution in [0, 0.1) is 0 Å². The predicted octanol–water partition coefficient (Wildman–Crippen LogP) is 5.00. The van der Waals surface area contributed by atoms with Gasteiger partial charge in [0.1, 0.15) is 0 Å². The minimum atomic E-state index is -0.107. The molecule has 1 heterocycles. The van der Waals surface area contributed by atoms with Crippen LogP contribution in [0.3, 0.4) is 0 Å². The summed E-state index contributed by atoms with van der Waals surface area (Å²) in [5, 5.41) is 0.524. The molecule has 1 aromatic heterocycles. The van der Waals surface area contributed by atoms with E-state index in [1.165, 1.54) is 0 Å². The van der Waals surface area contributed by atoms with Gasteiger partial charge in [-0.2, -0.15) is 0 Å². The lowest BCUT2D eigenvalue weighted by Crippen LogP contribution is -2.13. The lowest BCUT2D eigenvalue weighted by atomic mass is 10.0. The average Bonchev–Trinajstić information content (AvgIpc) is 2.96. The SMILES string of the molecule is O=C(c1cccc(Cl)c1)c1ccc2c(c1)sc(=O)n2Cc1ccccc1. The second-order valence-corrected chi connectivity index (χ2v) is 7.39. The summed E-state index contributed by atoms with van der Waals surface area (Å²) >= 11 is 7.13. The van der Waals surface area contributed by atoms with E-state index in [0.29, 0.717) is 22.7 Å². The van der Waals surface area contributed by atoms with Crippen LogP contribution in [-0.4, -0.2) is 10.4 Å². The van der Waals surface area contributed by atoms with Crippen molar-refractivity contribution in [1.29, 1.82) is 0 Å². The van der Waals surface area contributed by atoms with Crippen molar-refractivity contribution in [3.63, 3.8) is 0 Å². The van der Waals surface area contributed by atoms with Crippen molar-refractivity contribution in [2.45, 2.75) is 6.54 Å². The topological polar surface area (TPSA) is 39.1 Å². The molecule has 0 saturated carbocycles. The van der Waals surface area contributed by atoms with E-state index in [9.17, 15) is 9.59 Å². The number of fused-ring (bicyclic) bond motifs is 1. The van der Waals surface area contributed by atoms with Crippen LogP contribution >= 0.6 is 22.9 Å². The number of halogens is 1. The molecule has 4 rings (SSSR count). The number of nitrogens with zero attached hydrogens (tertiary/aromatic N) is 1. The van der Waals surface area contributed by atoms with Gasteiger partial charge in [0.2, 0.25) is 0 Å². The number of benzene rings is 3. The minimum absolute atomic E-state index is 0.0313. The van der Waals surface area contributed by atoms with Crippen LogP contribution in [0.5, 0.6) is 0 Å². The summed E-state index contributed by atoms with van der Waals surface area (Å²) in [6.45, 7) is 0.515. The zero-order valence-corrected chi connectivity index (χ0v) is 15.3. The van der Waals surface area contributed by atoms with Crippen LogP contribution in [0.25, 0.3) is 10.2 Å². The van der Waals surface area contributed by atoms with E-state index >= 15 is 0 Å². The molecule has 0 aliphatic heterocycles. The third-order valence-corrected chi connectivity index (χ3v) is 5.38. The molecule has 0 amide bonds. The Labute approximate surface area is 159 Å². The number of rotatable bonds is 4. The highest BCUT2D eigenvalue weighted by molar-refractivity contribution is 7.16. The molecule has 26 heavy (non-hydrogen) atoms. The Morgan fingerprint density at radius 3 is 2.46 bits per heavy atom. The largest absolute Gasteiger partial charge is 0.308 e. The number of aromatic nitrogens is 1. The Bertz CT molecular complexity index is 1160. The summed E-state index contributed by atoms with van der Waals surface area (Å²) in [5.41, 5.74) is 2.99. The monoisotopic (exact) mass is 379 g/mol. The van der Waals surface area contributed by atoms with Gasteiger partial charge in [0, 0.05) is 16.1 Å². The standard InChI is InChI=1S/C21H14ClNO2S/c22-17-8-4-7-15(11-17)20(24)16-9-10-18-19(12-16)26-21(25)23(18)13-14-5-2-1-3-6-14/h1-12H,13H2. The third-order valence-electron chi connectivity index (χ3n) is 4.20. The maximum atomic E-state index is 12.7. The Balaban J connectivity index is 1.73. The van der Waals surface area contributed by atoms with Crippen molar-refractivity contribution < 1.29 is 4.79 Å². The van der Waals surface area contributed by atoms with Crippen molar-refractivity contribution in [2.24, 2.45) is 0 Å². The molecule has 0 atom stereocenters. The molecular weight excluding hydrogens is 366 g/mol. The molecule has 0 spiro atoms.